The van der Waals surface area contributed by atoms with Crippen LogP contribution in [0.1, 0.15) is 27.7 Å². The molecular weight excluding hydrogens is 306 g/mol. The van der Waals surface area contributed by atoms with E-state index in [9.17, 15) is 10.1 Å². The molecule has 0 radical (unpaired) electrons. The maximum atomic E-state index is 11.6. The molecule has 1 aromatic carbocycles. The van der Waals surface area contributed by atoms with E-state index in [4.69, 9.17) is 17.3 Å². The van der Waals surface area contributed by atoms with E-state index in [1.807, 2.05) is 36.2 Å². The Morgan fingerprint density at radius 1 is 1.43 bits per heavy atom. The zero-order valence-corrected chi connectivity index (χ0v) is 13.3. The zero-order chi connectivity index (χ0) is 15.6. The molecule has 2 rings (SSSR count). The molecule has 2 N–H and O–H groups in total. The van der Waals surface area contributed by atoms with Gasteiger partial charge in [-0.25, -0.2) is 0 Å². The lowest BCUT2D eigenvalue weighted by atomic mass is 10.2. The van der Waals surface area contributed by atoms with Crippen molar-refractivity contribution in [1.29, 1.82) is 5.26 Å². The predicted octanol–water partition coefficient (Wildman–Crippen LogP) is 3.69. The van der Waals surface area contributed by atoms with E-state index in [0.29, 0.717) is 27.0 Å². The first kappa shape index (κ1) is 15.4. The van der Waals surface area contributed by atoms with E-state index in [0.717, 1.165) is 5.56 Å². The molecule has 0 aliphatic heterocycles. The fourth-order valence-electron chi connectivity index (χ4n) is 2.01. The van der Waals surface area contributed by atoms with Gasteiger partial charge in [-0.05, 0) is 17.7 Å². The summed E-state index contributed by atoms with van der Waals surface area (Å²) in [6, 6.07) is 9.57. The van der Waals surface area contributed by atoms with Gasteiger partial charge in [-0.15, -0.1) is 11.3 Å². The Kier molecular flexibility index (Phi) is 4.51. The molecule has 0 amide bonds. The van der Waals surface area contributed by atoms with Crippen molar-refractivity contribution in [2.45, 2.75) is 13.5 Å². The molecule has 0 bridgehead atoms. The van der Waals surface area contributed by atoms with Crippen molar-refractivity contribution in [1.82, 2.24) is 0 Å². The van der Waals surface area contributed by atoms with Gasteiger partial charge in [0.05, 0.1) is 10.6 Å². The molecule has 4 nitrogen and oxygen atoms in total. The van der Waals surface area contributed by atoms with Crippen LogP contribution in [0.25, 0.3) is 0 Å². The van der Waals surface area contributed by atoms with Crippen LogP contribution in [0.4, 0.5) is 10.7 Å². The lowest BCUT2D eigenvalue weighted by Crippen LogP contribution is -2.16. The first-order valence-corrected chi connectivity index (χ1v) is 7.42. The fourth-order valence-corrected chi connectivity index (χ4v) is 3.16. The Bertz CT molecular complexity index is 716. The number of carbonyl (C=O) groups excluding carboxylic acids is 1. The average molecular weight is 320 g/mol. The highest BCUT2D eigenvalue weighted by Gasteiger charge is 2.21. The third-order valence-electron chi connectivity index (χ3n) is 3.04. The number of rotatable bonds is 4. The molecule has 0 atom stereocenters. The molecule has 1 heterocycles. The van der Waals surface area contributed by atoms with Crippen LogP contribution in [0.15, 0.2) is 24.3 Å². The van der Waals surface area contributed by atoms with Crippen LogP contribution in [0.2, 0.25) is 5.02 Å². The maximum Gasteiger partial charge on any atom is 0.171 e. The number of hydrogen-bond donors (Lipinski definition) is 1. The third-order valence-corrected chi connectivity index (χ3v) is 4.71. The van der Waals surface area contributed by atoms with Gasteiger partial charge in [0.25, 0.3) is 0 Å². The molecule has 0 saturated carbocycles. The number of anilines is 2. The van der Waals surface area contributed by atoms with Gasteiger partial charge in [0, 0.05) is 25.5 Å². The highest BCUT2D eigenvalue weighted by molar-refractivity contribution is 7.19. The minimum absolute atomic E-state index is 0.125. The Morgan fingerprint density at radius 2 is 2.05 bits per heavy atom. The highest BCUT2D eigenvalue weighted by Crippen LogP contribution is 2.38. The second-order valence-corrected chi connectivity index (χ2v) is 6.11. The summed E-state index contributed by atoms with van der Waals surface area (Å²) in [4.78, 5) is 13.9. The van der Waals surface area contributed by atoms with Crippen LogP contribution in [0.3, 0.4) is 0 Å². The Labute approximate surface area is 132 Å². The molecule has 108 valence electrons. The van der Waals surface area contributed by atoms with Crippen molar-refractivity contribution >= 4 is 39.4 Å². The SMILES string of the molecule is CC(=O)c1sc(N(C)Cc2ccc(Cl)cc2)c(C#N)c1N. The van der Waals surface area contributed by atoms with Gasteiger partial charge in [-0.2, -0.15) is 5.26 Å². The van der Waals surface area contributed by atoms with Crippen molar-refractivity contribution in [2.75, 3.05) is 17.7 Å². The average Bonchev–Trinajstić information content (AvgIpc) is 2.78. The number of ketones is 1. The Balaban J connectivity index is 2.33. The van der Waals surface area contributed by atoms with Gasteiger partial charge in [0.1, 0.15) is 16.6 Å². The van der Waals surface area contributed by atoms with Crippen LogP contribution < -0.4 is 10.6 Å². The van der Waals surface area contributed by atoms with Crippen molar-refractivity contribution in [3.63, 3.8) is 0 Å². The summed E-state index contributed by atoms with van der Waals surface area (Å²) < 4.78 is 0. The second-order valence-electron chi connectivity index (χ2n) is 4.68. The van der Waals surface area contributed by atoms with Gasteiger partial charge in [-0.3, -0.25) is 4.79 Å². The van der Waals surface area contributed by atoms with E-state index >= 15 is 0 Å². The number of nitriles is 1. The van der Waals surface area contributed by atoms with Crippen LogP contribution >= 0.6 is 22.9 Å². The van der Waals surface area contributed by atoms with E-state index in [2.05, 4.69) is 6.07 Å². The van der Waals surface area contributed by atoms with E-state index in [1.165, 1.54) is 18.3 Å². The standard InChI is InChI=1S/C15H14ClN3OS/c1-9(20)14-13(18)12(7-17)15(21-14)19(2)8-10-3-5-11(16)6-4-10/h3-6H,8,18H2,1-2H3. The molecular formula is C15H14ClN3OS. The number of nitrogens with two attached hydrogens (primary N) is 1. The number of benzene rings is 1. The van der Waals surface area contributed by atoms with Crippen LogP contribution in [0, 0.1) is 11.3 Å². The molecule has 0 aliphatic carbocycles. The number of halogens is 1. The number of nitrogen functional groups attached to an aromatic ring is 1. The van der Waals surface area contributed by atoms with Crippen molar-refractivity contribution in [3.8, 4) is 6.07 Å². The Morgan fingerprint density at radius 3 is 2.57 bits per heavy atom. The summed E-state index contributed by atoms with van der Waals surface area (Å²) in [5.41, 5.74) is 7.58. The van der Waals surface area contributed by atoms with Crippen molar-refractivity contribution in [2.24, 2.45) is 0 Å². The lowest BCUT2D eigenvalue weighted by molar-refractivity contribution is 0.102. The number of Topliss-reactive ketones (excluding diaryl/α,β-unsaturated/α-hetero) is 1. The molecule has 0 spiro atoms. The molecule has 21 heavy (non-hydrogen) atoms. The topological polar surface area (TPSA) is 70.1 Å². The highest BCUT2D eigenvalue weighted by atomic mass is 35.5. The largest absolute Gasteiger partial charge is 0.396 e. The van der Waals surface area contributed by atoms with Crippen LogP contribution in [0.5, 0.6) is 0 Å². The minimum atomic E-state index is -0.125. The first-order valence-electron chi connectivity index (χ1n) is 6.23. The summed E-state index contributed by atoms with van der Waals surface area (Å²) in [6.07, 6.45) is 0. The smallest absolute Gasteiger partial charge is 0.171 e. The van der Waals surface area contributed by atoms with Crippen molar-refractivity contribution in [3.05, 3.63) is 45.3 Å². The minimum Gasteiger partial charge on any atom is -0.396 e. The maximum absolute atomic E-state index is 11.6. The number of thiophene rings is 1. The summed E-state index contributed by atoms with van der Waals surface area (Å²) in [7, 11) is 1.87. The van der Waals surface area contributed by atoms with Gasteiger partial charge < -0.3 is 10.6 Å². The van der Waals surface area contributed by atoms with Gasteiger partial charge in [0.15, 0.2) is 5.78 Å². The normalized spacial score (nSPS) is 10.2. The first-order chi connectivity index (χ1) is 9.93. The third kappa shape index (κ3) is 3.18. The lowest BCUT2D eigenvalue weighted by Gasteiger charge is -2.17. The quantitative estimate of drug-likeness (QED) is 0.872. The Hall–Kier alpha value is -2.03. The van der Waals surface area contributed by atoms with Crippen molar-refractivity contribution < 1.29 is 4.79 Å². The summed E-state index contributed by atoms with van der Waals surface area (Å²) in [5.74, 6) is -0.125. The summed E-state index contributed by atoms with van der Waals surface area (Å²) in [5, 5.41) is 10.6. The summed E-state index contributed by atoms with van der Waals surface area (Å²) >= 11 is 7.12. The number of carbonyl (C=O) groups is 1. The molecule has 6 heteroatoms. The summed E-state index contributed by atoms with van der Waals surface area (Å²) in [6.45, 7) is 2.05. The fraction of sp³-hybridized carbons (Fsp3) is 0.200. The molecule has 0 fully saturated rings. The monoisotopic (exact) mass is 319 g/mol. The molecule has 0 unspecified atom stereocenters. The van der Waals surface area contributed by atoms with E-state index in [1.54, 1.807) is 0 Å². The molecule has 1 aromatic heterocycles. The molecule has 2 aromatic rings. The van der Waals surface area contributed by atoms with Gasteiger partial charge in [0.2, 0.25) is 0 Å². The van der Waals surface area contributed by atoms with Crippen LogP contribution in [-0.4, -0.2) is 12.8 Å². The predicted molar refractivity (Wildman–Crippen MR) is 87.0 cm³/mol. The zero-order valence-electron chi connectivity index (χ0n) is 11.7. The van der Waals surface area contributed by atoms with E-state index in [-0.39, 0.29) is 11.5 Å². The molecule has 0 saturated heterocycles. The van der Waals surface area contributed by atoms with Crippen LogP contribution in [-0.2, 0) is 6.54 Å². The van der Waals surface area contributed by atoms with E-state index < -0.39 is 0 Å². The number of hydrogen-bond acceptors (Lipinski definition) is 5. The molecule has 0 aliphatic rings. The van der Waals surface area contributed by atoms with Gasteiger partial charge in [-0.1, -0.05) is 23.7 Å². The second kappa shape index (κ2) is 6.17. The number of nitrogens with zero attached hydrogens (tertiary/aromatic N) is 2. The van der Waals surface area contributed by atoms with Gasteiger partial charge >= 0.3 is 0 Å².